The van der Waals surface area contributed by atoms with Crippen molar-refractivity contribution < 1.29 is 4.79 Å². The lowest BCUT2D eigenvalue weighted by atomic mass is 9.92. The van der Waals surface area contributed by atoms with Crippen LogP contribution >= 0.6 is 0 Å². The van der Waals surface area contributed by atoms with E-state index in [1.807, 2.05) is 11.0 Å². The van der Waals surface area contributed by atoms with E-state index in [0.29, 0.717) is 12.6 Å². The predicted octanol–water partition coefficient (Wildman–Crippen LogP) is 2.33. The average molecular weight is 321 g/mol. The zero-order valence-electron chi connectivity index (χ0n) is 15.1. The highest BCUT2D eigenvalue weighted by Gasteiger charge is 2.22. The van der Waals surface area contributed by atoms with Crippen LogP contribution < -0.4 is 5.32 Å². The molecule has 2 N–H and O–H groups in total. The molecule has 0 unspecified atom stereocenters. The highest BCUT2D eigenvalue weighted by molar-refractivity contribution is 5.74. The Hall–Kier alpha value is -1.56. The maximum atomic E-state index is 12.4. The molecule has 1 fully saturated rings. The molecule has 6 heteroatoms. The summed E-state index contributed by atoms with van der Waals surface area (Å²) in [6.07, 6.45) is 3.26. The number of likely N-dealkylation sites (tertiary alicyclic amines) is 1. The molecule has 0 spiro atoms. The van der Waals surface area contributed by atoms with Gasteiger partial charge in [-0.05, 0) is 39.4 Å². The van der Waals surface area contributed by atoms with E-state index in [1.54, 1.807) is 0 Å². The van der Waals surface area contributed by atoms with Crippen molar-refractivity contribution in [1.82, 2.24) is 25.3 Å². The zero-order chi connectivity index (χ0) is 17.0. The van der Waals surface area contributed by atoms with Crippen molar-refractivity contribution in [2.45, 2.75) is 58.0 Å². The Morgan fingerprint density at radius 3 is 2.74 bits per heavy atom. The minimum absolute atomic E-state index is 0.0186. The van der Waals surface area contributed by atoms with E-state index in [-0.39, 0.29) is 11.4 Å². The van der Waals surface area contributed by atoms with E-state index < -0.39 is 0 Å². The van der Waals surface area contributed by atoms with Gasteiger partial charge in [0.2, 0.25) is 0 Å². The topological polar surface area (TPSA) is 64.3 Å². The van der Waals surface area contributed by atoms with Gasteiger partial charge in [-0.15, -0.1) is 0 Å². The third-order valence-electron chi connectivity index (χ3n) is 4.54. The second kappa shape index (κ2) is 7.34. The summed E-state index contributed by atoms with van der Waals surface area (Å²) in [6.45, 7) is 8.55. The molecule has 6 nitrogen and oxygen atoms in total. The standard InChI is InChI=1S/C17H31N5O/c1-17(2,3)15-11-13(19-20-15)12-18-16(23)22-9-6-7-14(8-10-22)21(4)5/h11,14H,6-10,12H2,1-5H3,(H,18,23)(H,19,20)/t14-/m0/s1. The molecule has 0 aliphatic carbocycles. The molecular formula is C17H31N5O. The second-order valence-corrected chi connectivity index (χ2v) is 7.72. The number of carbonyl (C=O) groups excluding carboxylic acids is 1. The third kappa shape index (κ3) is 4.96. The minimum Gasteiger partial charge on any atom is -0.332 e. The first kappa shape index (κ1) is 17.8. The Kier molecular flexibility index (Phi) is 5.68. The summed E-state index contributed by atoms with van der Waals surface area (Å²) in [7, 11) is 4.23. The number of aromatic nitrogens is 2. The maximum Gasteiger partial charge on any atom is 0.317 e. The predicted molar refractivity (Wildman–Crippen MR) is 92.4 cm³/mol. The number of carbonyl (C=O) groups is 1. The first-order valence-corrected chi connectivity index (χ1v) is 8.51. The Bertz CT molecular complexity index is 517. The van der Waals surface area contributed by atoms with Crippen molar-refractivity contribution in [2.24, 2.45) is 0 Å². The van der Waals surface area contributed by atoms with Gasteiger partial charge in [-0.25, -0.2) is 4.79 Å². The normalized spacial score (nSPS) is 19.7. The highest BCUT2D eigenvalue weighted by atomic mass is 16.2. The van der Waals surface area contributed by atoms with Gasteiger partial charge < -0.3 is 15.1 Å². The van der Waals surface area contributed by atoms with E-state index in [2.05, 4.69) is 55.3 Å². The molecule has 2 heterocycles. The molecule has 1 aromatic heterocycles. The van der Waals surface area contributed by atoms with Crippen LogP contribution in [0.15, 0.2) is 6.07 Å². The van der Waals surface area contributed by atoms with E-state index in [0.717, 1.165) is 43.7 Å². The summed E-state index contributed by atoms with van der Waals surface area (Å²) >= 11 is 0. The van der Waals surface area contributed by atoms with Gasteiger partial charge in [-0.1, -0.05) is 20.8 Å². The summed E-state index contributed by atoms with van der Waals surface area (Å²) in [5, 5.41) is 10.3. The number of nitrogens with zero attached hydrogens (tertiary/aromatic N) is 3. The van der Waals surface area contributed by atoms with Gasteiger partial charge in [0.25, 0.3) is 0 Å². The molecule has 2 rings (SSSR count). The molecule has 23 heavy (non-hydrogen) atoms. The van der Waals surface area contributed by atoms with Crippen molar-refractivity contribution >= 4 is 6.03 Å². The van der Waals surface area contributed by atoms with Crippen molar-refractivity contribution in [3.05, 3.63) is 17.5 Å². The van der Waals surface area contributed by atoms with Gasteiger partial charge in [0, 0.05) is 24.5 Å². The summed E-state index contributed by atoms with van der Waals surface area (Å²) in [6, 6.07) is 2.64. The maximum absolute atomic E-state index is 12.4. The molecule has 1 aliphatic heterocycles. The van der Waals surface area contributed by atoms with Gasteiger partial charge in [0.1, 0.15) is 0 Å². The first-order chi connectivity index (χ1) is 10.8. The SMILES string of the molecule is CN(C)[C@H]1CCCN(C(=O)NCc2cc(C(C)(C)C)n[nH]2)CC1. The third-order valence-corrected chi connectivity index (χ3v) is 4.54. The largest absolute Gasteiger partial charge is 0.332 e. The quantitative estimate of drug-likeness (QED) is 0.898. The van der Waals surface area contributed by atoms with Crippen LogP contribution in [0.25, 0.3) is 0 Å². The Balaban J connectivity index is 1.84. The number of hydrogen-bond acceptors (Lipinski definition) is 3. The van der Waals surface area contributed by atoms with Crippen LogP contribution in [0, 0.1) is 0 Å². The number of aromatic amines is 1. The number of H-pyrrole nitrogens is 1. The number of hydrogen-bond donors (Lipinski definition) is 2. The lowest BCUT2D eigenvalue weighted by Crippen LogP contribution is -2.40. The fourth-order valence-electron chi connectivity index (χ4n) is 2.92. The summed E-state index contributed by atoms with van der Waals surface area (Å²) in [5.74, 6) is 0. The number of amides is 2. The van der Waals surface area contributed by atoms with Crippen molar-refractivity contribution in [3.63, 3.8) is 0 Å². The van der Waals surface area contributed by atoms with Gasteiger partial charge in [0.15, 0.2) is 0 Å². The van der Waals surface area contributed by atoms with Crippen LogP contribution in [0.3, 0.4) is 0 Å². The van der Waals surface area contributed by atoms with E-state index in [4.69, 9.17) is 0 Å². The Morgan fingerprint density at radius 2 is 2.13 bits per heavy atom. The lowest BCUT2D eigenvalue weighted by molar-refractivity contribution is 0.196. The summed E-state index contributed by atoms with van der Waals surface area (Å²) in [5.41, 5.74) is 1.99. The monoisotopic (exact) mass is 321 g/mol. The van der Waals surface area contributed by atoms with E-state index in [9.17, 15) is 4.79 Å². The van der Waals surface area contributed by atoms with Crippen LogP contribution in [0.4, 0.5) is 4.79 Å². The van der Waals surface area contributed by atoms with Gasteiger partial charge in [0.05, 0.1) is 17.9 Å². The van der Waals surface area contributed by atoms with Gasteiger partial charge >= 0.3 is 6.03 Å². The molecule has 1 saturated heterocycles. The Morgan fingerprint density at radius 1 is 1.39 bits per heavy atom. The smallest absolute Gasteiger partial charge is 0.317 e. The molecule has 0 saturated carbocycles. The van der Waals surface area contributed by atoms with Gasteiger partial charge in [-0.2, -0.15) is 5.10 Å². The van der Waals surface area contributed by atoms with Crippen LogP contribution in [0.2, 0.25) is 0 Å². The fraction of sp³-hybridized carbons (Fsp3) is 0.765. The minimum atomic E-state index is 0.0186. The molecule has 2 amide bonds. The molecule has 0 bridgehead atoms. The highest BCUT2D eigenvalue weighted by Crippen LogP contribution is 2.20. The molecule has 0 radical (unpaired) electrons. The van der Waals surface area contributed by atoms with E-state index >= 15 is 0 Å². The molecular weight excluding hydrogens is 290 g/mol. The van der Waals surface area contributed by atoms with Crippen LogP contribution in [0.1, 0.15) is 51.4 Å². The zero-order valence-corrected chi connectivity index (χ0v) is 15.1. The second-order valence-electron chi connectivity index (χ2n) is 7.72. The molecule has 1 aliphatic rings. The average Bonchev–Trinajstić information content (AvgIpc) is 2.81. The van der Waals surface area contributed by atoms with Crippen molar-refractivity contribution in [2.75, 3.05) is 27.2 Å². The molecule has 130 valence electrons. The number of urea groups is 1. The van der Waals surface area contributed by atoms with Crippen molar-refractivity contribution in [3.8, 4) is 0 Å². The lowest BCUT2D eigenvalue weighted by Gasteiger charge is -2.23. The number of nitrogens with one attached hydrogen (secondary N) is 2. The summed E-state index contributed by atoms with van der Waals surface area (Å²) < 4.78 is 0. The van der Waals surface area contributed by atoms with Crippen LogP contribution in [-0.2, 0) is 12.0 Å². The fourth-order valence-corrected chi connectivity index (χ4v) is 2.92. The molecule has 1 atom stereocenters. The molecule has 0 aromatic carbocycles. The number of rotatable bonds is 3. The Labute approximate surface area is 139 Å². The molecule has 1 aromatic rings. The van der Waals surface area contributed by atoms with Crippen LogP contribution in [0.5, 0.6) is 0 Å². The van der Waals surface area contributed by atoms with Gasteiger partial charge in [-0.3, -0.25) is 5.10 Å². The summed E-state index contributed by atoms with van der Waals surface area (Å²) in [4.78, 5) is 16.6. The first-order valence-electron chi connectivity index (χ1n) is 8.51. The van der Waals surface area contributed by atoms with Crippen molar-refractivity contribution in [1.29, 1.82) is 0 Å². The van der Waals surface area contributed by atoms with E-state index in [1.165, 1.54) is 0 Å². The van der Waals surface area contributed by atoms with Crippen LogP contribution in [-0.4, -0.2) is 59.3 Å².